The highest BCUT2D eigenvalue weighted by Gasteiger charge is 2.49. The van der Waals surface area contributed by atoms with E-state index in [0.29, 0.717) is 0 Å². The van der Waals surface area contributed by atoms with E-state index in [2.05, 4.69) is 4.18 Å². The first kappa shape index (κ1) is 15.8. The number of primary amides is 2. The zero-order valence-electron chi connectivity index (χ0n) is 9.47. The molecule has 0 fully saturated rings. The third-order valence-electron chi connectivity index (χ3n) is 2.02. The average Bonchev–Trinajstić information content (AvgIpc) is 2.25. The lowest BCUT2D eigenvalue weighted by atomic mass is 10.1. The fourth-order valence-corrected chi connectivity index (χ4v) is 1.70. The van der Waals surface area contributed by atoms with Crippen LogP contribution < -0.4 is 15.7 Å². The van der Waals surface area contributed by atoms with Crippen molar-refractivity contribution in [2.24, 2.45) is 11.5 Å². The van der Waals surface area contributed by atoms with Gasteiger partial charge in [0.1, 0.15) is 0 Å². The molecule has 0 aliphatic carbocycles. The summed E-state index contributed by atoms with van der Waals surface area (Å²) in [6, 6.07) is 2.69. The molecule has 0 bridgehead atoms. The molecule has 11 heteroatoms. The molecule has 4 N–H and O–H groups in total. The van der Waals surface area contributed by atoms with E-state index in [-0.39, 0.29) is 0 Å². The molecule has 0 unspecified atom stereocenters. The van der Waals surface area contributed by atoms with Crippen molar-refractivity contribution in [2.75, 3.05) is 0 Å². The van der Waals surface area contributed by atoms with E-state index < -0.39 is 44.3 Å². The van der Waals surface area contributed by atoms with E-state index in [1.54, 1.807) is 0 Å². The molecule has 0 saturated heterocycles. The van der Waals surface area contributed by atoms with E-state index >= 15 is 0 Å². The molecule has 0 heterocycles. The van der Waals surface area contributed by atoms with Gasteiger partial charge in [-0.25, -0.2) is 0 Å². The van der Waals surface area contributed by atoms with E-state index in [1.807, 2.05) is 0 Å². The topological polar surface area (TPSA) is 130 Å². The first-order valence-electron chi connectivity index (χ1n) is 4.70. The minimum absolute atomic E-state index is 0.563. The molecular formula is C9H7F3N2O5S. The van der Waals surface area contributed by atoms with Crippen molar-refractivity contribution >= 4 is 21.9 Å². The molecule has 0 saturated carbocycles. The van der Waals surface area contributed by atoms with Crippen molar-refractivity contribution in [3.8, 4) is 5.75 Å². The van der Waals surface area contributed by atoms with Crippen molar-refractivity contribution in [3.05, 3.63) is 29.3 Å². The molecule has 0 aromatic heterocycles. The van der Waals surface area contributed by atoms with Gasteiger partial charge in [-0.2, -0.15) is 21.6 Å². The summed E-state index contributed by atoms with van der Waals surface area (Å²) < 4.78 is 62.1. The first-order valence-corrected chi connectivity index (χ1v) is 6.11. The van der Waals surface area contributed by atoms with Crippen LogP contribution in [0.5, 0.6) is 5.75 Å². The number of alkyl halides is 3. The number of amides is 2. The Morgan fingerprint density at radius 1 is 1.10 bits per heavy atom. The van der Waals surface area contributed by atoms with Gasteiger partial charge in [0.2, 0.25) is 5.91 Å². The monoisotopic (exact) mass is 312 g/mol. The van der Waals surface area contributed by atoms with Gasteiger partial charge in [0.25, 0.3) is 5.91 Å². The van der Waals surface area contributed by atoms with Gasteiger partial charge in [-0.15, -0.1) is 0 Å². The molecule has 1 aromatic rings. The number of hydrogen-bond donors (Lipinski definition) is 2. The van der Waals surface area contributed by atoms with Crippen LogP contribution in [0.4, 0.5) is 13.2 Å². The van der Waals surface area contributed by atoms with Crippen molar-refractivity contribution in [1.82, 2.24) is 0 Å². The zero-order chi connectivity index (χ0) is 15.7. The third kappa shape index (κ3) is 2.99. The normalized spacial score (nSPS) is 11.9. The first-order chi connectivity index (χ1) is 8.97. The van der Waals surface area contributed by atoms with Crippen molar-refractivity contribution in [1.29, 1.82) is 0 Å². The molecule has 0 atom stereocenters. The highest BCUT2D eigenvalue weighted by Crippen LogP contribution is 2.30. The lowest BCUT2D eigenvalue weighted by molar-refractivity contribution is -0.0500. The number of carbonyl (C=O) groups is 2. The van der Waals surface area contributed by atoms with Crippen LogP contribution >= 0.6 is 0 Å². The molecule has 7 nitrogen and oxygen atoms in total. The number of nitrogens with two attached hydrogens (primary N) is 2. The molecule has 20 heavy (non-hydrogen) atoms. The van der Waals surface area contributed by atoms with E-state index in [9.17, 15) is 31.2 Å². The van der Waals surface area contributed by atoms with Gasteiger partial charge < -0.3 is 15.7 Å². The SMILES string of the molecule is NC(=O)c1cccc(OS(=O)(=O)C(F)(F)F)c1C(N)=O. The van der Waals surface area contributed by atoms with E-state index in [0.717, 1.165) is 18.2 Å². The van der Waals surface area contributed by atoms with E-state index in [4.69, 9.17) is 11.5 Å². The van der Waals surface area contributed by atoms with Crippen LogP contribution in [0.15, 0.2) is 18.2 Å². The fourth-order valence-electron chi connectivity index (χ4n) is 1.23. The Labute approximate surface area is 110 Å². The highest BCUT2D eigenvalue weighted by molar-refractivity contribution is 7.88. The Hall–Kier alpha value is -2.30. The molecule has 0 radical (unpaired) electrons. The minimum Gasteiger partial charge on any atom is -0.375 e. The van der Waals surface area contributed by atoms with E-state index in [1.165, 1.54) is 0 Å². The summed E-state index contributed by atoms with van der Waals surface area (Å²) in [5.41, 5.74) is 2.65. The fraction of sp³-hybridized carbons (Fsp3) is 0.111. The quantitative estimate of drug-likeness (QED) is 0.602. The van der Waals surface area contributed by atoms with Crippen LogP contribution in [0.1, 0.15) is 20.7 Å². The summed E-state index contributed by atoms with van der Waals surface area (Å²) in [6.07, 6.45) is 0. The second-order valence-electron chi connectivity index (χ2n) is 3.39. The Kier molecular flexibility index (Phi) is 3.94. The number of rotatable bonds is 4. The summed E-state index contributed by atoms with van der Waals surface area (Å²) in [4.78, 5) is 22.2. The molecule has 0 aliphatic rings. The molecule has 1 rings (SSSR count). The van der Waals surface area contributed by atoms with Crippen LogP contribution in [0.3, 0.4) is 0 Å². The number of carbonyl (C=O) groups excluding carboxylic acids is 2. The van der Waals surface area contributed by atoms with Gasteiger partial charge in [-0.1, -0.05) is 6.07 Å². The predicted molar refractivity (Wildman–Crippen MR) is 59.1 cm³/mol. The van der Waals surface area contributed by atoms with Crippen molar-refractivity contribution < 1.29 is 35.4 Å². The van der Waals surface area contributed by atoms with Crippen molar-refractivity contribution in [3.63, 3.8) is 0 Å². The largest absolute Gasteiger partial charge is 0.534 e. The predicted octanol–water partition coefficient (Wildman–Crippen LogP) is 0.113. The van der Waals surface area contributed by atoms with Crippen molar-refractivity contribution in [2.45, 2.75) is 5.51 Å². The molecular weight excluding hydrogens is 305 g/mol. The van der Waals surface area contributed by atoms with Gasteiger partial charge in [-0.3, -0.25) is 9.59 Å². The summed E-state index contributed by atoms with van der Waals surface area (Å²) >= 11 is 0. The maximum atomic E-state index is 12.2. The Morgan fingerprint density at radius 2 is 1.65 bits per heavy atom. The average molecular weight is 312 g/mol. The van der Waals surface area contributed by atoms with Crippen LogP contribution in [0.25, 0.3) is 0 Å². The van der Waals surface area contributed by atoms with Gasteiger partial charge >= 0.3 is 15.6 Å². The standard InChI is InChI=1S/C9H7F3N2O5S/c10-9(11,12)20(17,18)19-5-3-1-2-4(7(13)15)6(5)8(14)16/h1-3H,(H2,13,15)(H2,14,16). The molecule has 110 valence electrons. The van der Waals surface area contributed by atoms with Crippen LogP contribution in [0, 0.1) is 0 Å². The molecule has 0 aliphatic heterocycles. The van der Waals surface area contributed by atoms with Gasteiger partial charge in [0.05, 0.1) is 11.1 Å². The number of benzene rings is 1. The number of hydrogen-bond acceptors (Lipinski definition) is 5. The lowest BCUT2D eigenvalue weighted by Gasteiger charge is -2.13. The zero-order valence-corrected chi connectivity index (χ0v) is 10.3. The Bertz CT molecular complexity index is 669. The van der Waals surface area contributed by atoms with Crippen LogP contribution in [-0.4, -0.2) is 25.7 Å². The number of halogens is 3. The lowest BCUT2D eigenvalue weighted by Crippen LogP contribution is -2.30. The second kappa shape index (κ2) is 5.00. The van der Waals surface area contributed by atoms with Gasteiger partial charge in [-0.05, 0) is 12.1 Å². The molecule has 1 aromatic carbocycles. The highest BCUT2D eigenvalue weighted by atomic mass is 32.2. The Balaban J connectivity index is 3.45. The summed E-state index contributed by atoms with van der Waals surface area (Å²) in [5.74, 6) is -3.59. The maximum Gasteiger partial charge on any atom is 0.534 e. The summed E-state index contributed by atoms with van der Waals surface area (Å²) in [7, 11) is -6.01. The second-order valence-corrected chi connectivity index (χ2v) is 4.93. The summed E-state index contributed by atoms with van der Waals surface area (Å²) in [5, 5.41) is 0. The Morgan fingerprint density at radius 3 is 2.05 bits per heavy atom. The minimum atomic E-state index is -6.01. The third-order valence-corrected chi connectivity index (χ3v) is 2.99. The maximum absolute atomic E-state index is 12.2. The molecule has 0 spiro atoms. The van der Waals surface area contributed by atoms with Crippen LogP contribution in [-0.2, 0) is 10.1 Å². The van der Waals surface area contributed by atoms with Gasteiger partial charge in [0, 0.05) is 0 Å². The smallest absolute Gasteiger partial charge is 0.375 e. The summed E-state index contributed by atoms with van der Waals surface area (Å²) in [6.45, 7) is 0. The van der Waals surface area contributed by atoms with Crippen LogP contribution in [0.2, 0.25) is 0 Å². The van der Waals surface area contributed by atoms with Gasteiger partial charge in [0.15, 0.2) is 5.75 Å². The molecule has 2 amide bonds.